The molecule has 0 saturated heterocycles. The lowest BCUT2D eigenvalue weighted by molar-refractivity contribution is 0.685. The van der Waals surface area contributed by atoms with Crippen LogP contribution in [0.2, 0.25) is 0 Å². The van der Waals surface area contributed by atoms with E-state index in [-0.39, 0.29) is 0 Å². The third-order valence-corrected chi connectivity index (χ3v) is 3.39. The van der Waals surface area contributed by atoms with Crippen LogP contribution in [0.3, 0.4) is 0 Å². The Hall–Kier alpha value is -1.51. The Kier molecular flexibility index (Phi) is 5.25. The molecule has 0 aliphatic heterocycles. The van der Waals surface area contributed by atoms with E-state index in [1.807, 2.05) is 0 Å². The number of aryl methyl sites for hydroxylation is 1. The highest BCUT2D eigenvalue weighted by molar-refractivity contribution is 5.79. The van der Waals surface area contributed by atoms with Crippen molar-refractivity contribution in [2.45, 2.75) is 39.7 Å². The Labute approximate surface area is 116 Å². The lowest BCUT2D eigenvalue weighted by Gasteiger charge is -2.11. The summed E-state index contributed by atoms with van der Waals surface area (Å²) in [6.07, 6.45) is 4.10. The van der Waals surface area contributed by atoms with Crippen molar-refractivity contribution < 1.29 is 0 Å². The first-order valence-electron chi connectivity index (χ1n) is 7.35. The van der Waals surface area contributed by atoms with Gasteiger partial charge in [0.15, 0.2) is 5.96 Å². The largest absolute Gasteiger partial charge is 0.357 e. The van der Waals surface area contributed by atoms with E-state index >= 15 is 0 Å². The van der Waals surface area contributed by atoms with E-state index in [9.17, 15) is 0 Å². The normalized spacial score (nSPS) is 15.4. The van der Waals surface area contributed by atoms with Crippen LogP contribution in [0.5, 0.6) is 0 Å². The van der Waals surface area contributed by atoms with E-state index in [2.05, 4.69) is 53.7 Å². The Bertz CT molecular complexity index is 422. The van der Waals surface area contributed by atoms with Gasteiger partial charge in [-0.1, -0.05) is 42.7 Å². The quantitative estimate of drug-likeness (QED) is 0.609. The van der Waals surface area contributed by atoms with E-state index in [0.717, 1.165) is 31.5 Å². The van der Waals surface area contributed by atoms with Crippen LogP contribution in [-0.4, -0.2) is 19.0 Å². The summed E-state index contributed by atoms with van der Waals surface area (Å²) in [5.74, 6) is 1.90. The van der Waals surface area contributed by atoms with Gasteiger partial charge in [-0.2, -0.15) is 0 Å². The molecule has 1 aliphatic carbocycles. The lowest BCUT2D eigenvalue weighted by Crippen LogP contribution is -2.37. The van der Waals surface area contributed by atoms with Crippen molar-refractivity contribution in [3.63, 3.8) is 0 Å². The van der Waals surface area contributed by atoms with Gasteiger partial charge < -0.3 is 10.6 Å². The molecule has 0 amide bonds. The van der Waals surface area contributed by atoms with Crippen LogP contribution in [0.4, 0.5) is 0 Å². The average Bonchev–Trinajstić information content (AvgIpc) is 3.20. The molecule has 0 bridgehead atoms. The summed E-state index contributed by atoms with van der Waals surface area (Å²) >= 11 is 0. The zero-order chi connectivity index (χ0) is 13.5. The standard InChI is InChI=1S/C16H25N3/c1-3-17-16(18-10-9-14-7-8-14)19-12-15-6-4-5-13(2)11-15/h4-6,11,14H,3,7-10,12H2,1-2H3,(H2,17,18,19). The SMILES string of the molecule is CCNC(=NCc1cccc(C)c1)NCCC1CC1. The molecule has 104 valence electrons. The number of nitrogens with zero attached hydrogens (tertiary/aromatic N) is 1. The first kappa shape index (κ1) is 13.9. The maximum Gasteiger partial charge on any atom is 0.191 e. The fourth-order valence-electron chi connectivity index (χ4n) is 2.12. The van der Waals surface area contributed by atoms with Gasteiger partial charge >= 0.3 is 0 Å². The monoisotopic (exact) mass is 259 g/mol. The van der Waals surface area contributed by atoms with Crippen molar-refractivity contribution in [2.75, 3.05) is 13.1 Å². The Morgan fingerprint density at radius 3 is 2.84 bits per heavy atom. The summed E-state index contributed by atoms with van der Waals surface area (Å²) in [5, 5.41) is 6.72. The van der Waals surface area contributed by atoms with Crippen molar-refractivity contribution in [1.82, 2.24) is 10.6 Å². The number of rotatable bonds is 6. The first-order chi connectivity index (χ1) is 9.28. The van der Waals surface area contributed by atoms with Gasteiger partial charge in [0.05, 0.1) is 6.54 Å². The summed E-state index contributed by atoms with van der Waals surface area (Å²) in [7, 11) is 0. The third kappa shape index (κ3) is 5.33. The van der Waals surface area contributed by atoms with Gasteiger partial charge in [-0.3, -0.25) is 0 Å². The molecule has 2 N–H and O–H groups in total. The van der Waals surface area contributed by atoms with E-state index in [1.165, 1.54) is 30.4 Å². The van der Waals surface area contributed by atoms with Crippen molar-refractivity contribution in [3.8, 4) is 0 Å². The number of hydrogen-bond acceptors (Lipinski definition) is 1. The fourth-order valence-corrected chi connectivity index (χ4v) is 2.12. The second kappa shape index (κ2) is 7.17. The summed E-state index contributed by atoms with van der Waals surface area (Å²) in [6, 6.07) is 8.53. The molecule has 0 heterocycles. The number of benzene rings is 1. The van der Waals surface area contributed by atoms with Crippen LogP contribution in [-0.2, 0) is 6.54 Å². The highest BCUT2D eigenvalue weighted by Crippen LogP contribution is 2.31. The molecule has 1 fully saturated rings. The second-order valence-corrected chi connectivity index (χ2v) is 5.34. The van der Waals surface area contributed by atoms with Gasteiger partial charge in [0, 0.05) is 13.1 Å². The zero-order valence-electron chi connectivity index (χ0n) is 12.1. The summed E-state index contributed by atoms with van der Waals surface area (Å²) in [6.45, 7) is 6.89. The van der Waals surface area contributed by atoms with Crippen LogP contribution < -0.4 is 10.6 Å². The highest BCUT2D eigenvalue weighted by Gasteiger charge is 2.20. The Morgan fingerprint density at radius 2 is 2.16 bits per heavy atom. The molecule has 1 aromatic carbocycles. The van der Waals surface area contributed by atoms with Crippen LogP contribution in [0, 0.1) is 12.8 Å². The van der Waals surface area contributed by atoms with Gasteiger partial charge in [-0.15, -0.1) is 0 Å². The topological polar surface area (TPSA) is 36.4 Å². The van der Waals surface area contributed by atoms with Crippen LogP contribution in [0.15, 0.2) is 29.3 Å². The van der Waals surface area contributed by atoms with Gasteiger partial charge in [0.1, 0.15) is 0 Å². The van der Waals surface area contributed by atoms with Crippen LogP contribution in [0.1, 0.15) is 37.3 Å². The molecule has 3 heteroatoms. The molecule has 0 unspecified atom stereocenters. The van der Waals surface area contributed by atoms with Gasteiger partial charge in [-0.05, 0) is 31.7 Å². The maximum absolute atomic E-state index is 4.64. The van der Waals surface area contributed by atoms with Crippen LogP contribution in [0.25, 0.3) is 0 Å². The minimum atomic E-state index is 0.737. The predicted molar refractivity (Wildman–Crippen MR) is 81.3 cm³/mol. The molecule has 1 saturated carbocycles. The number of hydrogen-bond donors (Lipinski definition) is 2. The minimum absolute atomic E-state index is 0.737. The molecule has 19 heavy (non-hydrogen) atoms. The molecule has 0 spiro atoms. The fraction of sp³-hybridized carbons (Fsp3) is 0.562. The highest BCUT2D eigenvalue weighted by atomic mass is 15.2. The molecule has 1 aromatic rings. The molecular formula is C16H25N3. The second-order valence-electron chi connectivity index (χ2n) is 5.34. The van der Waals surface area contributed by atoms with Gasteiger partial charge in [0.2, 0.25) is 0 Å². The Morgan fingerprint density at radius 1 is 1.32 bits per heavy atom. The predicted octanol–water partition coefficient (Wildman–Crippen LogP) is 2.85. The number of guanidine groups is 1. The Balaban J connectivity index is 1.83. The van der Waals surface area contributed by atoms with Crippen LogP contribution >= 0.6 is 0 Å². The minimum Gasteiger partial charge on any atom is -0.357 e. The zero-order valence-corrected chi connectivity index (χ0v) is 12.1. The number of nitrogens with one attached hydrogen (secondary N) is 2. The van der Waals surface area contributed by atoms with Crippen molar-refractivity contribution >= 4 is 5.96 Å². The maximum atomic E-state index is 4.64. The van der Waals surface area contributed by atoms with Crippen molar-refractivity contribution in [2.24, 2.45) is 10.9 Å². The molecule has 0 radical (unpaired) electrons. The molecule has 2 rings (SSSR count). The van der Waals surface area contributed by atoms with E-state index in [1.54, 1.807) is 0 Å². The van der Waals surface area contributed by atoms with Crippen molar-refractivity contribution in [1.29, 1.82) is 0 Å². The summed E-state index contributed by atoms with van der Waals surface area (Å²) in [5.41, 5.74) is 2.55. The summed E-state index contributed by atoms with van der Waals surface area (Å²) in [4.78, 5) is 4.64. The van der Waals surface area contributed by atoms with Gasteiger partial charge in [0.25, 0.3) is 0 Å². The van der Waals surface area contributed by atoms with Gasteiger partial charge in [-0.25, -0.2) is 4.99 Å². The molecule has 3 nitrogen and oxygen atoms in total. The van der Waals surface area contributed by atoms with E-state index < -0.39 is 0 Å². The van der Waals surface area contributed by atoms with E-state index in [4.69, 9.17) is 0 Å². The molecule has 0 aromatic heterocycles. The molecule has 0 atom stereocenters. The summed E-state index contributed by atoms with van der Waals surface area (Å²) < 4.78 is 0. The molecule has 1 aliphatic rings. The average molecular weight is 259 g/mol. The number of aliphatic imine (C=N–C) groups is 1. The first-order valence-corrected chi connectivity index (χ1v) is 7.35. The smallest absolute Gasteiger partial charge is 0.191 e. The molecular weight excluding hydrogens is 234 g/mol. The van der Waals surface area contributed by atoms with E-state index in [0.29, 0.717) is 0 Å². The third-order valence-electron chi connectivity index (χ3n) is 3.39. The lowest BCUT2D eigenvalue weighted by atomic mass is 10.1. The van der Waals surface area contributed by atoms with Crippen molar-refractivity contribution in [3.05, 3.63) is 35.4 Å².